The molecule has 0 atom stereocenters. The van der Waals surface area contributed by atoms with Gasteiger partial charge in [-0.25, -0.2) is 9.37 Å². The van der Waals surface area contributed by atoms with E-state index in [4.69, 9.17) is 5.73 Å². The second-order valence-corrected chi connectivity index (χ2v) is 6.54. The van der Waals surface area contributed by atoms with E-state index in [9.17, 15) is 4.39 Å². The summed E-state index contributed by atoms with van der Waals surface area (Å²) in [6, 6.07) is 8.65. The van der Waals surface area contributed by atoms with Crippen LogP contribution in [0.5, 0.6) is 0 Å². The summed E-state index contributed by atoms with van der Waals surface area (Å²) >= 11 is 0. The summed E-state index contributed by atoms with van der Waals surface area (Å²) in [6.45, 7) is 2.79. The molecular formula is C19H24FN3. The van der Waals surface area contributed by atoms with Crippen molar-refractivity contribution in [3.63, 3.8) is 0 Å². The minimum Gasteiger partial charge on any atom is -0.396 e. The summed E-state index contributed by atoms with van der Waals surface area (Å²) in [5.41, 5.74) is 9.09. The maximum atomic E-state index is 13.6. The minimum absolute atomic E-state index is 0.240. The van der Waals surface area contributed by atoms with Crippen molar-refractivity contribution in [2.45, 2.75) is 39.0 Å². The quantitative estimate of drug-likeness (QED) is 0.855. The highest BCUT2D eigenvalue weighted by atomic mass is 19.1. The normalized spacial score (nSPS) is 15.6. The first-order chi connectivity index (χ1) is 11.1. The number of benzene rings is 1. The molecule has 1 aromatic heterocycles. The molecule has 1 saturated carbocycles. The molecule has 1 heterocycles. The molecule has 0 saturated heterocycles. The van der Waals surface area contributed by atoms with Gasteiger partial charge in [-0.2, -0.15) is 0 Å². The number of hydrogen-bond acceptors (Lipinski definition) is 3. The summed E-state index contributed by atoms with van der Waals surface area (Å²) in [5.74, 6) is 1.16. The number of halogens is 1. The van der Waals surface area contributed by atoms with Gasteiger partial charge in [-0.1, -0.05) is 19.3 Å². The Kier molecular flexibility index (Phi) is 4.79. The molecule has 3 nitrogen and oxygen atoms in total. The molecule has 3 rings (SSSR count). The standard InChI is InChI=1S/C19H24FN3/c1-13-9-15(11-16(20)10-13)18-8-7-17(21)19(23-18)22-12-14-5-3-2-4-6-14/h7-11,14H,2-6,12,21H2,1H3,(H,22,23). The Labute approximate surface area is 137 Å². The number of anilines is 2. The minimum atomic E-state index is -0.240. The Morgan fingerprint density at radius 2 is 1.96 bits per heavy atom. The van der Waals surface area contributed by atoms with Crippen molar-refractivity contribution in [3.8, 4) is 11.3 Å². The van der Waals surface area contributed by atoms with E-state index in [2.05, 4.69) is 10.3 Å². The molecule has 1 aromatic carbocycles. The second kappa shape index (κ2) is 6.99. The van der Waals surface area contributed by atoms with Crippen molar-refractivity contribution in [3.05, 3.63) is 41.7 Å². The topological polar surface area (TPSA) is 50.9 Å². The third-order valence-corrected chi connectivity index (χ3v) is 4.55. The van der Waals surface area contributed by atoms with Crippen molar-refractivity contribution in [1.82, 2.24) is 4.98 Å². The predicted octanol–water partition coefficient (Wildman–Crippen LogP) is 4.77. The molecule has 0 aliphatic heterocycles. The Morgan fingerprint density at radius 1 is 1.17 bits per heavy atom. The number of rotatable bonds is 4. The lowest BCUT2D eigenvalue weighted by atomic mass is 9.89. The van der Waals surface area contributed by atoms with Gasteiger partial charge >= 0.3 is 0 Å². The van der Waals surface area contributed by atoms with Crippen LogP contribution in [0.25, 0.3) is 11.3 Å². The Bertz CT molecular complexity index is 658. The molecule has 0 spiro atoms. The predicted molar refractivity (Wildman–Crippen MR) is 93.8 cm³/mol. The highest BCUT2D eigenvalue weighted by Gasteiger charge is 2.14. The summed E-state index contributed by atoms with van der Waals surface area (Å²) in [6.07, 6.45) is 6.53. The average Bonchev–Trinajstić information content (AvgIpc) is 2.54. The van der Waals surface area contributed by atoms with Crippen LogP contribution in [0.4, 0.5) is 15.9 Å². The zero-order valence-electron chi connectivity index (χ0n) is 13.6. The molecule has 23 heavy (non-hydrogen) atoms. The number of pyridine rings is 1. The van der Waals surface area contributed by atoms with Crippen LogP contribution in [-0.4, -0.2) is 11.5 Å². The van der Waals surface area contributed by atoms with Crippen LogP contribution >= 0.6 is 0 Å². The van der Waals surface area contributed by atoms with Crippen molar-refractivity contribution < 1.29 is 4.39 Å². The van der Waals surface area contributed by atoms with Gasteiger partial charge in [-0.05, 0) is 61.6 Å². The van der Waals surface area contributed by atoms with Gasteiger partial charge in [0.25, 0.3) is 0 Å². The molecule has 1 aliphatic rings. The fourth-order valence-corrected chi connectivity index (χ4v) is 3.29. The van der Waals surface area contributed by atoms with Crippen LogP contribution in [0, 0.1) is 18.7 Å². The fourth-order valence-electron chi connectivity index (χ4n) is 3.29. The lowest BCUT2D eigenvalue weighted by molar-refractivity contribution is 0.373. The van der Waals surface area contributed by atoms with Crippen LogP contribution in [0.15, 0.2) is 30.3 Å². The maximum Gasteiger partial charge on any atom is 0.149 e. The number of aromatic nitrogens is 1. The van der Waals surface area contributed by atoms with E-state index in [1.165, 1.54) is 44.2 Å². The van der Waals surface area contributed by atoms with Crippen molar-refractivity contribution >= 4 is 11.5 Å². The molecule has 1 aliphatic carbocycles. The van der Waals surface area contributed by atoms with Gasteiger partial charge in [-0.3, -0.25) is 0 Å². The second-order valence-electron chi connectivity index (χ2n) is 6.54. The number of nitrogens with zero attached hydrogens (tertiary/aromatic N) is 1. The van der Waals surface area contributed by atoms with Gasteiger partial charge in [-0.15, -0.1) is 0 Å². The van der Waals surface area contributed by atoms with Crippen molar-refractivity contribution in [2.24, 2.45) is 5.92 Å². The fraction of sp³-hybridized carbons (Fsp3) is 0.421. The van der Waals surface area contributed by atoms with Gasteiger partial charge in [0.1, 0.15) is 11.6 Å². The van der Waals surface area contributed by atoms with Crippen molar-refractivity contribution in [1.29, 1.82) is 0 Å². The third-order valence-electron chi connectivity index (χ3n) is 4.55. The van der Waals surface area contributed by atoms with Crippen molar-refractivity contribution in [2.75, 3.05) is 17.6 Å². The Hall–Kier alpha value is -2.10. The van der Waals surface area contributed by atoms with E-state index in [1.54, 1.807) is 0 Å². The molecule has 2 aromatic rings. The zero-order chi connectivity index (χ0) is 16.2. The Balaban J connectivity index is 1.78. The monoisotopic (exact) mass is 313 g/mol. The highest BCUT2D eigenvalue weighted by Crippen LogP contribution is 2.27. The molecule has 0 radical (unpaired) electrons. The highest BCUT2D eigenvalue weighted by molar-refractivity contribution is 5.69. The first kappa shape index (κ1) is 15.8. The van der Waals surface area contributed by atoms with Gasteiger partial charge < -0.3 is 11.1 Å². The first-order valence-corrected chi connectivity index (χ1v) is 8.40. The van der Waals surface area contributed by atoms with Gasteiger partial charge in [0.15, 0.2) is 0 Å². The van der Waals surface area contributed by atoms with Crippen LogP contribution < -0.4 is 11.1 Å². The molecule has 0 unspecified atom stereocenters. The summed E-state index contributed by atoms with van der Waals surface area (Å²) in [4.78, 5) is 4.61. The molecule has 1 fully saturated rings. The smallest absolute Gasteiger partial charge is 0.149 e. The van der Waals surface area contributed by atoms with Gasteiger partial charge in [0.05, 0.1) is 11.4 Å². The molecule has 3 N–H and O–H groups in total. The van der Waals surface area contributed by atoms with Crippen LogP contribution in [0.3, 0.4) is 0 Å². The molecular weight excluding hydrogens is 289 g/mol. The van der Waals surface area contributed by atoms with Crippen LogP contribution in [0.2, 0.25) is 0 Å². The molecule has 0 amide bonds. The summed E-state index contributed by atoms with van der Waals surface area (Å²) < 4.78 is 13.6. The van der Waals surface area contributed by atoms with E-state index >= 15 is 0 Å². The van der Waals surface area contributed by atoms with Gasteiger partial charge in [0.2, 0.25) is 0 Å². The van der Waals surface area contributed by atoms with E-state index in [0.717, 1.165) is 23.4 Å². The zero-order valence-corrected chi connectivity index (χ0v) is 13.6. The molecule has 122 valence electrons. The lowest BCUT2D eigenvalue weighted by Crippen LogP contribution is -2.18. The molecule has 4 heteroatoms. The van der Waals surface area contributed by atoms with E-state index in [0.29, 0.717) is 17.4 Å². The molecule has 0 bridgehead atoms. The van der Waals surface area contributed by atoms with Crippen LogP contribution in [-0.2, 0) is 0 Å². The SMILES string of the molecule is Cc1cc(F)cc(-c2ccc(N)c(NCC3CCCCC3)n2)c1. The summed E-state index contributed by atoms with van der Waals surface area (Å²) in [5, 5.41) is 3.39. The lowest BCUT2D eigenvalue weighted by Gasteiger charge is -2.22. The number of nitrogens with two attached hydrogens (primary N) is 1. The largest absolute Gasteiger partial charge is 0.396 e. The number of nitrogen functional groups attached to an aromatic ring is 1. The van der Waals surface area contributed by atoms with Gasteiger partial charge in [0, 0.05) is 12.1 Å². The number of hydrogen-bond donors (Lipinski definition) is 2. The van der Waals surface area contributed by atoms with E-state index in [1.807, 2.05) is 25.1 Å². The maximum absolute atomic E-state index is 13.6. The number of nitrogens with one attached hydrogen (secondary N) is 1. The Morgan fingerprint density at radius 3 is 2.70 bits per heavy atom. The third kappa shape index (κ3) is 4.01. The van der Waals surface area contributed by atoms with E-state index in [-0.39, 0.29) is 5.82 Å². The number of aryl methyl sites for hydroxylation is 1. The average molecular weight is 313 g/mol. The first-order valence-electron chi connectivity index (χ1n) is 8.40. The summed E-state index contributed by atoms with van der Waals surface area (Å²) in [7, 11) is 0. The van der Waals surface area contributed by atoms with Crippen LogP contribution in [0.1, 0.15) is 37.7 Å². The van der Waals surface area contributed by atoms with E-state index < -0.39 is 0 Å².